The zero-order valence-electron chi connectivity index (χ0n) is 30.8. The number of hydrogen-bond acceptors (Lipinski definition) is 10. The third-order valence-corrected chi connectivity index (χ3v) is 11.7. The van der Waals surface area contributed by atoms with Crippen LogP contribution in [-0.4, -0.2) is 93.7 Å². The number of hydrazine groups is 3. The second-order valence-electron chi connectivity index (χ2n) is 16.9. The number of carbonyl (C=O) groups excluding carboxylic acids is 3. The van der Waals surface area contributed by atoms with Crippen molar-refractivity contribution in [3.05, 3.63) is 12.2 Å². The molecule has 0 radical (unpaired) electrons. The van der Waals surface area contributed by atoms with Gasteiger partial charge >= 0.3 is 12.1 Å². The summed E-state index contributed by atoms with van der Waals surface area (Å²) in [5.41, 5.74) is 8.10. The minimum absolute atomic E-state index is 0.0514. The van der Waals surface area contributed by atoms with Gasteiger partial charge in [0.1, 0.15) is 23.2 Å². The monoisotopic (exact) mass is 715 g/mol. The smallest absolute Gasteiger partial charge is 0.408 e. The standard InChI is InChI=1S/C37H61N7O7/c1-36(2,3)51-35(49)38-29-18-11-6-4-5-10-16-26-21-37(26,34(47)48)39-32(45)30-20-27(22-43(30)33(29)46)44-41-31(40-42-44)25-15-12-17-28(19-25)50-23-24-13-8-7-9-14-24/h10,16,24-31,40-42H,4-9,11-15,17-23H2,1-3H3,(H,38,49)(H,39,45)(H,47,48)/b16-10-/t25?,26-,27-,28?,29+,30+,31?,37-/m1/s1. The highest BCUT2D eigenvalue weighted by Crippen LogP contribution is 2.45. The van der Waals surface area contributed by atoms with Gasteiger partial charge in [-0.1, -0.05) is 50.7 Å². The van der Waals surface area contributed by atoms with Gasteiger partial charge < -0.3 is 30.1 Å². The number of carboxylic acid groups (broad SMARTS) is 1. The van der Waals surface area contributed by atoms with E-state index in [2.05, 4.69) is 27.0 Å². The molecule has 0 aromatic carbocycles. The van der Waals surface area contributed by atoms with Crippen molar-refractivity contribution in [3.8, 4) is 0 Å². The number of aliphatic carboxylic acids is 1. The number of fused-ring (bicyclic) bond motifs is 2. The first-order valence-electron chi connectivity index (χ1n) is 19.6. The Labute approximate surface area is 302 Å². The third-order valence-electron chi connectivity index (χ3n) is 11.7. The molecule has 0 bridgehead atoms. The number of carbonyl (C=O) groups is 4. The lowest BCUT2D eigenvalue weighted by molar-refractivity contribution is -0.145. The molecule has 3 heterocycles. The molecule has 0 spiro atoms. The number of rotatable bonds is 7. The maximum atomic E-state index is 14.4. The Morgan fingerprint density at radius 3 is 2.53 bits per heavy atom. The van der Waals surface area contributed by atoms with Gasteiger partial charge in [-0.05, 0) is 96.8 Å². The molecule has 5 fully saturated rings. The molecule has 6 aliphatic rings. The molecule has 14 nitrogen and oxygen atoms in total. The SMILES string of the molecule is CC(C)(C)OC(=O)N[C@H]1CCCCC/C=C\[C@@H]2C[C@@]2(C(=O)O)NC(=O)[C@@H]2C[C@@H](N3NNC(C4CCCC(OCC5CCCCC5)C4)N3)CN2C1=O. The van der Waals surface area contributed by atoms with E-state index in [4.69, 9.17) is 9.47 Å². The lowest BCUT2D eigenvalue weighted by atomic mass is 9.85. The summed E-state index contributed by atoms with van der Waals surface area (Å²) in [7, 11) is 0. The van der Waals surface area contributed by atoms with Crippen LogP contribution in [0.3, 0.4) is 0 Å². The van der Waals surface area contributed by atoms with Crippen LogP contribution in [0.25, 0.3) is 0 Å². The number of alkyl carbamates (subject to hydrolysis) is 1. The van der Waals surface area contributed by atoms with Crippen LogP contribution in [0.15, 0.2) is 12.2 Å². The van der Waals surface area contributed by atoms with Crippen molar-refractivity contribution in [3.63, 3.8) is 0 Å². The largest absolute Gasteiger partial charge is 0.479 e. The van der Waals surface area contributed by atoms with Crippen molar-refractivity contribution in [1.82, 2.24) is 37.0 Å². The number of amides is 3. The van der Waals surface area contributed by atoms with Gasteiger partial charge in [0, 0.05) is 19.1 Å². The van der Waals surface area contributed by atoms with Gasteiger partial charge in [0.05, 0.1) is 18.3 Å². The molecule has 286 valence electrons. The molecule has 6 rings (SSSR count). The fourth-order valence-corrected chi connectivity index (χ4v) is 8.75. The Morgan fingerprint density at radius 1 is 1.00 bits per heavy atom. The molecule has 3 amide bonds. The molecule has 0 aromatic heterocycles. The second kappa shape index (κ2) is 16.5. The average molecular weight is 716 g/mol. The van der Waals surface area contributed by atoms with E-state index in [1.807, 2.05) is 17.3 Å². The van der Waals surface area contributed by atoms with E-state index in [9.17, 15) is 24.3 Å². The summed E-state index contributed by atoms with van der Waals surface area (Å²) in [5.74, 6) is -1.23. The molecular formula is C37H61N7O7. The van der Waals surface area contributed by atoms with Gasteiger partial charge in [-0.15, -0.1) is 0 Å². The molecule has 6 N–H and O–H groups in total. The molecule has 3 aliphatic carbocycles. The fraction of sp³-hybridized carbons (Fsp3) is 0.838. The summed E-state index contributed by atoms with van der Waals surface area (Å²) in [6.45, 7) is 6.36. The Morgan fingerprint density at radius 2 is 1.76 bits per heavy atom. The zero-order valence-corrected chi connectivity index (χ0v) is 30.8. The van der Waals surface area contributed by atoms with Crippen LogP contribution in [0.1, 0.15) is 124 Å². The maximum absolute atomic E-state index is 14.4. The summed E-state index contributed by atoms with van der Waals surface area (Å²) in [6, 6.07) is -2.12. The highest BCUT2D eigenvalue weighted by atomic mass is 16.6. The van der Waals surface area contributed by atoms with Gasteiger partial charge in [0.25, 0.3) is 0 Å². The first kappa shape index (κ1) is 38.0. The number of allylic oxidation sites excluding steroid dienone is 1. The van der Waals surface area contributed by atoms with Gasteiger partial charge in [-0.25, -0.2) is 20.4 Å². The number of nitrogens with zero attached hydrogens (tertiary/aromatic N) is 2. The van der Waals surface area contributed by atoms with Gasteiger partial charge in [-0.2, -0.15) is 10.7 Å². The first-order chi connectivity index (χ1) is 24.4. The molecule has 0 aromatic rings. The Hall–Kier alpha value is -2.78. The number of hydrogen-bond donors (Lipinski definition) is 6. The van der Waals surface area contributed by atoms with E-state index in [1.54, 1.807) is 20.8 Å². The molecular weight excluding hydrogens is 654 g/mol. The summed E-state index contributed by atoms with van der Waals surface area (Å²) in [5, 5.41) is 17.7. The van der Waals surface area contributed by atoms with Crippen molar-refractivity contribution >= 4 is 23.9 Å². The van der Waals surface area contributed by atoms with E-state index >= 15 is 0 Å². The van der Waals surface area contributed by atoms with Crippen molar-refractivity contribution in [2.45, 2.75) is 165 Å². The van der Waals surface area contributed by atoms with Crippen LogP contribution in [0.5, 0.6) is 0 Å². The van der Waals surface area contributed by atoms with Crippen molar-refractivity contribution in [1.29, 1.82) is 0 Å². The number of ether oxygens (including phenoxy) is 2. The molecule has 3 saturated carbocycles. The highest BCUT2D eigenvalue weighted by molar-refractivity contribution is 5.96. The quantitative estimate of drug-likeness (QED) is 0.213. The Bertz CT molecular complexity index is 1290. The normalized spacial score (nSPS) is 36.6. The molecule has 3 aliphatic heterocycles. The van der Waals surface area contributed by atoms with Gasteiger partial charge in [0.2, 0.25) is 11.8 Å². The maximum Gasteiger partial charge on any atom is 0.408 e. The molecule has 8 atom stereocenters. The average Bonchev–Trinajstić information content (AvgIpc) is 3.39. The Kier molecular flexibility index (Phi) is 12.3. The van der Waals surface area contributed by atoms with Crippen molar-refractivity contribution in [2.24, 2.45) is 17.8 Å². The van der Waals surface area contributed by atoms with Crippen LogP contribution in [-0.2, 0) is 23.9 Å². The predicted molar refractivity (Wildman–Crippen MR) is 189 cm³/mol. The third kappa shape index (κ3) is 9.61. The van der Waals surface area contributed by atoms with E-state index in [1.165, 1.54) is 37.0 Å². The molecule has 3 unspecified atom stereocenters. The summed E-state index contributed by atoms with van der Waals surface area (Å²) in [4.78, 5) is 55.3. The van der Waals surface area contributed by atoms with Crippen LogP contribution in [0.2, 0.25) is 0 Å². The van der Waals surface area contributed by atoms with Crippen molar-refractivity contribution in [2.75, 3.05) is 13.2 Å². The number of carboxylic acids is 1. The van der Waals surface area contributed by atoms with Gasteiger partial charge in [-0.3, -0.25) is 9.59 Å². The topological polar surface area (TPSA) is 174 Å². The summed E-state index contributed by atoms with van der Waals surface area (Å²) in [6.07, 6.45) is 18.3. The van der Waals surface area contributed by atoms with E-state index in [0.717, 1.165) is 51.6 Å². The highest BCUT2D eigenvalue weighted by Gasteiger charge is 2.61. The fourth-order valence-electron chi connectivity index (χ4n) is 8.75. The summed E-state index contributed by atoms with van der Waals surface area (Å²) >= 11 is 0. The van der Waals surface area contributed by atoms with Crippen LogP contribution >= 0.6 is 0 Å². The van der Waals surface area contributed by atoms with Gasteiger partial charge in [0.15, 0.2) is 0 Å². The van der Waals surface area contributed by atoms with E-state index in [0.29, 0.717) is 31.1 Å². The minimum atomic E-state index is -1.39. The zero-order chi connectivity index (χ0) is 36.2. The molecule has 14 heteroatoms. The summed E-state index contributed by atoms with van der Waals surface area (Å²) < 4.78 is 12.0. The molecule has 51 heavy (non-hydrogen) atoms. The van der Waals surface area contributed by atoms with E-state index < -0.39 is 41.2 Å². The second-order valence-corrected chi connectivity index (χ2v) is 16.9. The minimum Gasteiger partial charge on any atom is -0.479 e. The lowest BCUT2D eigenvalue weighted by Crippen LogP contribution is -2.56. The predicted octanol–water partition coefficient (Wildman–Crippen LogP) is 3.64. The van der Waals surface area contributed by atoms with Crippen LogP contribution in [0, 0.1) is 17.8 Å². The Balaban J connectivity index is 1.14. The first-order valence-corrected chi connectivity index (χ1v) is 19.6. The lowest BCUT2D eigenvalue weighted by Gasteiger charge is -2.34. The number of nitrogens with one attached hydrogen (secondary N) is 5. The molecule has 2 saturated heterocycles. The van der Waals surface area contributed by atoms with E-state index in [-0.39, 0.29) is 43.1 Å². The van der Waals surface area contributed by atoms with Crippen LogP contribution < -0.4 is 27.0 Å². The van der Waals surface area contributed by atoms with Crippen LogP contribution in [0.4, 0.5) is 4.79 Å². The van der Waals surface area contributed by atoms with Crippen molar-refractivity contribution < 1.29 is 33.8 Å².